The summed E-state index contributed by atoms with van der Waals surface area (Å²) in [6, 6.07) is -0.852. The van der Waals surface area contributed by atoms with E-state index in [-0.39, 0.29) is 25.1 Å². The van der Waals surface area contributed by atoms with Gasteiger partial charge in [0.05, 0.1) is 33.8 Å². The Labute approximate surface area is 527 Å². The smallest absolute Gasteiger partial charge is 0.456 e. The molecule has 3 atom stereocenters. The van der Waals surface area contributed by atoms with Crippen molar-refractivity contribution in [3.63, 3.8) is 0 Å². The normalized spacial score (nSPS) is 13.9. The number of esters is 1. The van der Waals surface area contributed by atoms with Crippen molar-refractivity contribution in [3.8, 4) is 0 Å². The fraction of sp³-hybridized carbons (Fsp3) is 0.813. The Morgan fingerprint density at radius 3 is 1.09 bits per heavy atom. The molecule has 1 amide bonds. The van der Waals surface area contributed by atoms with Crippen LogP contribution in [0.1, 0.15) is 342 Å². The lowest BCUT2D eigenvalue weighted by Crippen LogP contribution is -2.47. The van der Waals surface area contributed by atoms with Crippen molar-refractivity contribution in [2.24, 2.45) is 0 Å². The Kier molecular flexibility index (Phi) is 62.5. The summed E-state index contributed by atoms with van der Waals surface area (Å²) in [6.45, 7) is 6.99. The molecule has 0 aromatic rings. The van der Waals surface area contributed by atoms with Gasteiger partial charge in [-0.15, -0.1) is 0 Å². The molecule has 3 unspecified atom stereocenters. The molecule has 85 heavy (non-hydrogen) atoms. The zero-order chi connectivity index (χ0) is 62.1. The Morgan fingerprint density at radius 2 is 0.718 bits per heavy atom. The molecule has 0 aliphatic rings. The maximum absolute atomic E-state index is 13.6. The molecule has 0 bridgehead atoms. The molecule has 0 radical (unpaired) electrons. The van der Waals surface area contributed by atoms with Crippen molar-refractivity contribution in [1.29, 1.82) is 0 Å². The minimum absolute atomic E-state index is 0.0390. The highest BCUT2D eigenvalue weighted by atomic mass is 31.2. The summed E-state index contributed by atoms with van der Waals surface area (Å²) in [6.07, 6.45) is 84.9. The van der Waals surface area contributed by atoms with Crippen LogP contribution in [0.2, 0.25) is 0 Å². The molecule has 0 rings (SSSR count). The maximum atomic E-state index is 13.6. The SMILES string of the molecule is CCCCC/C=C\C/C=C\C/C=C\CCCCCCCCCCCCCCC(=O)NC(COP(=O)(O)OCC[N+](C)(C)C)C(/C=C/CCCCCCCCCCC)OC(=O)CCCCCCCCCCCCCCC/C=C\C/C=C\CCCCC. The summed E-state index contributed by atoms with van der Waals surface area (Å²) in [7, 11) is 1.50. The summed E-state index contributed by atoms with van der Waals surface area (Å²) in [5.41, 5.74) is 0. The van der Waals surface area contributed by atoms with Gasteiger partial charge in [0.2, 0.25) is 5.91 Å². The molecule has 0 aromatic heterocycles. The van der Waals surface area contributed by atoms with Crippen LogP contribution in [0.4, 0.5) is 0 Å². The number of carbonyl (C=O) groups excluding carboxylic acids is 2. The first-order chi connectivity index (χ1) is 41.4. The average molecular weight is 1210 g/mol. The van der Waals surface area contributed by atoms with Gasteiger partial charge in [-0.25, -0.2) is 4.57 Å². The molecule has 0 aliphatic heterocycles. The molecule has 0 saturated carbocycles. The van der Waals surface area contributed by atoms with Crippen molar-refractivity contribution in [3.05, 3.63) is 72.9 Å². The van der Waals surface area contributed by atoms with Crippen LogP contribution in [-0.4, -0.2) is 74.3 Å². The van der Waals surface area contributed by atoms with Gasteiger partial charge in [0.15, 0.2) is 0 Å². The Morgan fingerprint density at radius 1 is 0.412 bits per heavy atom. The molecule has 0 spiro atoms. The molecule has 0 heterocycles. The largest absolute Gasteiger partial charge is 0.472 e. The third kappa shape index (κ3) is 65.7. The fourth-order valence-electron chi connectivity index (χ4n) is 10.5. The van der Waals surface area contributed by atoms with Gasteiger partial charge in [-0.2, -0.15) is 0 Å². The van der Waals surface area contributed by atoms with E-state index in [0.29, 0.717) is 23.9 Å². The summed E-state index contributed by atoms with van der Waals surface area (Å²) in [5.74, 6) is -0.498. The number of nitrogens with one attached hydrogen (secondary N) is 1. The summed E-state index contributed by atoms with van der Waals surface area (Å²) in [4.78, 5) is 37.9. The van der Waals surface area contributed by atoms with Crippen LogP contribution in [0, 0.1) is 0 Å². The first kappa shape index (κ1) is 82.5. The number of allylic oxidation sites excluding steroid dienone is 11. The highest BCUT2D eigenvalue weighted by Crippen LogP contribution is 2.43. The third-order valence-electron chi connectivity index (χ3n) is 16.1. The van der Waals surface area contributed by atoms with E-state index in [9.17, 15) is 19.0 Å². The predicted molar refractivity (Wildman–Crippen MR) is 369 cm³/mol. The highest BCUT2D eigenvalue weighted by molar-refractivity contribution is 7.47. The molecule has 0 saturated heterocycles. The number of carbonyl (C=O) groups is 2. The second-order valence-corrected chi connectivity index (χ2v) is 27.2. The monoisotopic (exact) mass is 1210 g/mol. The Hall–Kier alpha value is -2.55. The van der Waals surface area contributed by atoms with Crippen molar-refractivity contribution >= 4 is 19.7 Å². The molecule has 0 aliphatic carbocycles. The Balaban J connectivity index is 4.99. The van der Waals surface area contributed by atoms with Crippen LogP contribution in [0.5, 0.6) is 0 Å². The second kappa shape index (κ2) is 64.4. The summed E-state index contributed by atoms with van der Waals surface area (Å²) in [5, 5.41) is 3.07. The van der Waals surface area contributed by atoms with Crippen molar-refractivity contribution in [2.45, 2.75) is 354 Å². The lowest BCUT2D eigenvalue weighted by Gasteiger charge is -2.27. The number of phosphoric acid groups is 1. The highest BCUT2D eigenvalue weighted by Gasteiger charge is 2.30. The predicted octanol–water partition coefficient (Wildman–Crippen LogP) is 23.1. The van der Waals surface area contributed by atoms with E-state index in [1.54, 1.807) is 0 Å². The number of quaternary nitrogens is 1. The minimum atomic E-state index is -4.46. The van der Waals surface area contributed by atoms with Gasteiger partial charge < -0.3 is 19.4 Å². The number of rotatable bonds is 66. The minimum Gasteiger partial charge on any atom is -0.456 e. The van der Waals surface area contributed by atoms with Crippen molar-refractivity contribution in [2.75, 3.05) is 40.9 Å². The van der Waals surface area contributed by atoms with Gasteiger partial charge in [0.1, 0.15) is 19.3 Å². The Bertz CT molecular complexity index is 1680. The zero-order valence-electron chi connectivity index (χ0n) is 56.9. The first-order valence-corrected chi connectivity index (χ1v) is 37.8. The number of amides is 1. The van der Waals surface area contributed by atoms with Crippen molar-refractivity contribution < 1.29 is 37.3 Å². The molecule has 10 heteroatoms. The van der Waals surface area contributed by atoms with Crippen LogP contribution in [0.25, 0.3) is 0 Å². The molecular formula is C75H140N2O7P+. The lowest BCUT2D eigenvalue weighted by molar-refractivity contribution is -0.870. The van der Waals surface area contributed by atoms with Gasteiger partial charge in [0, 0.05) is 12.8 Å². The van der Waals surface area contributed by atoms with Gasteiger partial charge in [-0.3, -0.25) is 18.6 Å². The fourth-order valence-corrected chi connectivity index (χ4v) is 11.2. The maximum Gasteiger partial charge on any atom is 0.472 e. The van der Waals surface area contributed by atoms with E-state index < -0.39 is 20.0 Å². The van der Waals surface area contributed by atoms with Crippen LogP contribution in [-0.2, 0) is 27.9 Å². The molecule has 0 aromatic carbocycles. The van der Waals surface area contributed by atoms with E-state index in [0.717, 1.165) is 77.0 Å². The van der Waals surface area contributed by atoms with Gasteiger partial charge in [0.25, 0.3) is 0 Å². The van der Waals surface area contributed by atoms with Crippen LogP contribution < -0.4 is 5.32 Å². The summed E-state index contributed by atoms with van der Waals surface area (Å²) >= 11 is 0. The van der Waals surface area contributed by atoms with Gasteiger partial charge in [-0.1, -0.05) is 299 Å². The lowest BCUT2D eigenvalue weighted by atomic mass is 10.0. The number of unbranched alkanes of at least 4 members (excludes halogenated alkanes) is 40. The quantitative estimate of drug-likeness (QED) is 0.0205. The van der Waals surface area contributed by atoms with E-state index in [2.05, 4.69) is 86.8 Å². The standard InChI is InChI=1S/C75H139N2O7P/c1-7-10-13-16-19-22-25-27-29-31-33-35-37-38-40-41-43-45-47-49-52-55-58-61-64-67-74(78)76-72(71-83-85(80,81)82-70-69-77(4,5)6)73(66-63-60-57-54-51-24-21-18-15-12-9-3)84-75(79)68-65-62-59-56-53-50-48-46-44-42-39-36-34-32-30-28-26-23-20-17-14-11-8-2/h19-20,22-23,27-30,33,35,63,66,72-73H,7-18,21,24-26,31-32,34,36-62,64-65,67-71H2,1-6H3,(H-,76,78,80,81)/p+1/b22-19-,23-20-,29-27-,30-28-,35-33-,66-63+. The molecule has 0 fully saturated rings. The number of likely N-dealkylation sites (N-methyl/N-ethyl adjacent to an activating group) is 1. The molecule has 9 nitrogen and oxygen atoms in total. The number of hydrogen-bond donors (Lipinski definition) is 2. The topological polar surface area (TPSA) is 111 Å². The first-order valence-electron chi connectivity index (χ1n) is 36.3. The van der Waals surface area contributed by atoms with E-state index >= 15 is 0 Å². The number of phosphoric ester groups is 1. The van der Waals surface area contributed by atoms with E-state index in [1.807, 2.05) is 33.3 Å². The van der Waals surface area contributed by atoms with Crippen molar-refractivity contribution in [1.82, 2.24) is 5.32 Å². The molecular weight excluding hydrogens is 1070 g/mol. The second-order valence-electron chi connectivity index (χ2n) is 25.8. The van der Waals surface area contributed by atoms with Gasteiger partial charge in [-0.05, 0) is 102 Å². The number of hydrogen-bond acceptors (Lipinski definition) is 6. The zero-order valence-corrected chi connectivity index (χ0v) is 57.7. The van der Waals surface area contributed by atoms with Crippen LogP contribution >= 0.6 is 7.82 Å². The van der Waals surface area contributed by atoms with Crippen LogP contribution in [0.3, 0.4) is 0 Å². The van der Waals surface area contributed by atoms with Gasteiger partial charge >= 0.3 is 13.8 Å². The number of nitrogens with zero attached hydrogens (tertiary/aromatic N) is 1. The third-order valence-corrected chi connectivity index (χ3v) is 17.1. The molecule has 2 N–H and O–H groups in total. The average Bonchev–Trinajstić information content (AvgIpc) is 3.64. The van der Waals surface area contributed by atoms with E-state index in [1.165, 1.54) is 231 Å². The van der Waals surface area contributed by atoms with E-state index in [4.69, 9.17) is 13.8 Å². The molecule has 496 valence electrons. The summed E-state index contributed by atoms with van der Waals surface area (Å²) < 4.78 is 30.8. The number of ether oxygens (including phenoxy) is 1. The van der Waals surface area contributed by atoms with Crippen LogP contribution in [0.15, 0.2) is 72.9 Å².